The maximum atomic E-state index is 12.3. The number of nitrogens with one attached hydrogen (secondary N) is 1. The maximum Gasteiger partial charge on any atom is 0.270 e. The molecule has 0 aromatic heterocycles. The van der Waals surface area contributed by atoms with Crippen LogP contribution in [0.4, 0.5) is 5.69 Å². The van der Waals surface area contributed by atoms with E-state index in [9.17, 15) is 25.1 Å². The molecular weight excluding hydrogens is 336 g/mol. The molecule has 1 amide bonds. The lowest BCUT2D eigenvalue weighted by Crippen LogP contribution is -2.37. The number of nitro groups is 1. The number of nitrogens with zero attached hydrogens (tertiary/aromatic N) is 1. The van der Waals surface area contributed by atoms with E-state index >= 15 is 0 Å². The fourth-order valence-corrected chi connectivity index (χ4v) is 3.46. The number of carbonyl (C=O) groups excluding carboxylic acids is 1. The van der Waals surface area contributed by atoms with Gasteiger partial charge in [0.25, 0.3) is 11.6 Å². The monoisotopic (exact) mass is 356 g/mol. The van der Waals surface area contributed by atoms with Crippen LogP contribution in [0.3, 0.4) is 0 Å². The zero-order valence-corrected chi connectivity index (χ0v) is 14.1. The smallest absolute Gasteiger partial charge is 0.270 e. The number of hydrogen-bond acceptors (Lipinski definition) is 5. The average Bonchev–Trinajstić information content (AvgIpc) is 2.63. The Balaban J connectivity index is 1.59. The van der Waals surface area contributed by atoms with Gasteiger partial charge in [0.2, 0.25) is 0 Å². The van der Waals surface area contributed by atoms with Crippen LogP contribution in [0.15, 0.2) is 42.5 Å². The van der Waals surface area contributed by atoms with Crippen LogP contribution in [0.1, 0.15) is 47.5 Å². The molecule has 0 aliphatic heterocycles. The van der Waals surface area contributed by atoms with Gasteiger partial charge in [-0.25, -0.2) is 0 Å². The van der Waals surface area contributed by atoms with Crippen molar-refractivity contribution in [2.24, 2.45) is 0 Å². The SMILES string of the molecule is O=C(NC1CCC(c2ccc(O)cc2O)CC1)c1cccc([N+](=O)[O-])c1. The molecule has 0 bridgehead atoms. The van der Waals surface area contributed by atoms with Crippen LogP contribution in [0.25, 0.3) is 0 Å². The molecule has 0 radical (unpaired) electrons. The summed E-state index contributed by atoms with van der Waals surface area (Å²) in [6.45, 7) is 0. The molecule has 7 nitrogen and oxygen atoms in total. The summed E-state index contributed by atoms with van der Waals surface area (Å²) in [5, 5.41) is 33.1. The zero-order valence-electron chi connectivity index (χ0n) is 14.1. The van der Waals surface area contributed by atoms with Gasteiger partial charge in [-0.15, -0.1) is 0 Å². The average molecular weight is 356 g/mol. The molecule has 0 saturated heterocycles. The molecule has 1 fully saturated rings. The second-order valence-corrected chi connectivity index (χ2v) is 6.57. The molecule has 2 aromatic rings. The molecular formula is C19H20N2O5. The number of carbonyl (C=O) groups is 1. The minimum Gasteiger partial charge on any atom is -0.508 e. The van der Waals surface area contributed by atoms with Gasteiger partial charge in [-0.2, -0.15) is 0 Å². The van der Waals surface area contributed by atoms with Crippen molar-refractivity contribution in [3.63, 3.8) is 0 Å². The van der Waals surface area contributed by atoms with Crippen molar-refractivity contribution in [2.45, 2.75) is 37.6 Å². The number of phenolic OH excluding ortho intramolecular Hbond substituents is 2. The van der Waals surface area contributed by atoms with Crippen LogP contribution in [0.5, 0.6) is 11.5 Å². The summed E-state index contributed by atoms with van der Waals surface area (Å²) < 4.78 is 0. The van der Waals surface area contributed by atoms with Crippen LogP contribution >= 0.6 is 0 Å². The minimum atomic E-state index is -0.522. The van der Waals surface area contributed by atoms with Crippen LogP contribution in [0, 0.1) is 10.1 Å². The number of nitro benzene ring substituents is 1. The van der Waals surface area contributed by atoms with Gasteiger partial charge in [-0.05, 0) is 49.3 Å². The lowest BCUT2D eigenvalue weighted by atomic mass is 9.81. The normalized spacial score (nSPS) is 19.7. The van der Waals surface area contributed by atoms with Crippen molar-refractivity contribution in [1.29, 1.82) is 0 Å². The molecule has 1 aliphatic carbocycles. The Morgan fingerprint density at radius 2 is 1.81 bits per heavy atom. The van der Waals surface area contributed by atoms with E-state index in [2.05, 4.69) is 5.32 Å². The lowest BCUT2D eigenvalue weighted by Gasteiger charge is -2.29. The Morgan fingerprint density at radius 1 is 1.08 bits per heavy atom. The predicted octanol–water partition coefficient (Wildman–Crippen LogP) is 3.46. The van der Waals surface area contributed by atoms with E-state index in [4.69, 9.17) is 0 Å². The van der Waals surface area contributed by atoms with Gasteiger partial charge in [0.05, 0.1) is 4.92 Å². The first-order valence-corrected chi connectivity index (χ1v) is 8.51. The summed E-state index contributed by atoms with van der Waals surface area (Å²) in [7, 11) is 0. The largest absolute Gasteiger partial charge is 0.508 e. The highest BCUT2D eigenvalue weighted by Gasteiger charge is 2.25. The molecule has 3 N–H and O–H groups in total. The predicted molar refractivity (Wildman–Crippen MR) is 95.3 cm³/mol. The molecule has 0 spiro atoms. The van der Waals surface area contributed by atoms with E-state index in [1.807, 2.05) is 0 Å². The molecule has 1 saturated carbocycles. The second kappa shape index (κ2) is 7.43. The van der Waals surface area contributed by atoms with Gasteiger partial charge in [0, 0.05) is 29.8 Å². The third kappa shape index (κ3) is 3.93. The molecule has 0 atom stereocenters. The summed E-state index contributed by atoms with van der Waals surface area (Å²) in [6.07, 6.45) is 3.12. The fraction of sp³-hybridized carbons (Fsp3) is 0.316. The van der Waals surface area contributed by atoms with E-state index < -0.39 is 4.92 Å². The van der Waals surface area contributed by atoms with E-state index in [1.165, 1.54) is 24.3 Å². The molecule has 7 heteroatoms. The van der Waals surface area contributed by atoms with Gasteiger partial charge in [-0.1, -0.05) is 12.1 Å². The van der Waals surface area contributed by atoms with Gasteiger partial charge in [0.1, 0.15) is 11.5 Å². The van der Waals surface area contributed by atoms with Gasteiger partial charge in [0.15, 0.2) is 0 Å². The molecule has 1 aliphatic rings. The Hall–Kier alpha value is -3.09. The van der Waals surface area contributed by atoms with Crippen molar-refractivity contribution >= 4 is 11.6 Å². The first-order chi connectivity index (χ1) is 12.4. The van der Waals surface area contributed by atoms with Gasteiger partial charge >= 0.3 is 0 Å². The summed E-state index contributed by atoms with van der Waals surface area (Å²) in [6, 6.07) is 10.3. The first kappa shape index (κ1) is 17.7. The molecule has 0 heterocycles. The minimum absolute atomic E-state index is 0.00253. The summed E-state index contributed by atoms with van der Waals surface area (Å²) in [4.78, 5) is 22.6. The molecule has 3 rings (SSSR count). The highest BCUT2D eigenvalue weighted by atomic mass is 16.6. The van der Waals surface area contributed by atoms with Crippen LogP contribution < -0.4 is 5.32 Å². The standard InChI is InChI=1S/C19H20N2O5/c22-16-8-9-17(18(23)11-16)12-4-6-14(7-5-12)20-19(24)13-2-1-3-15(10-13)21(25)26/h1-3,8-12,14,22-23H,4-7H2,(H,20,24). The molecule has 26 heavy (non-hydrogen) atoms. The summed E-state index contributed by atoms with van der Waals surface area (Å²) in [5.74, 6) is -0.00979. The van der Waals surface area contributed by atoms with Crippen molar-refractivity contribution < 1.29 is 19.9 Å². The topological polar surface area (TPSA) is 113 Å². The number of hydrogen-bond donors (Lipinski definition) is 3. The number of phenols is 2. The van der Waals surface area contributed by atoms with Gasteiger partial charge in [-0.3, -0.25) is 14.9 Å². The zero-order chi connectivity index (χ0) is 18.7. The maximum absolute atomic E-state index is 12.3. The van der Waals surface area contributed by atoms with E-state index in [0.29, 0.717) is 0 Å². The number of aromatic hydroxyl groups is 2. The number of benzene rings is 2. The lowest BCUT2D eigenvalue weighted by molar-refractivity contribution is -0.384. The van der Waals surface area contributed by atoms with Crippen LogP contribution in [-0.2, 0) is 0 Å². The van der Waals surface area contributed by atoms with Gasteiger partial charge < -0.3 is 15.5 Å². The summed E-state index contributed by atoms with van der Waals surface area (Å²) >= 11 is 0. The molecule has 2 aromatic carbocycles. The Labute approximate surface area is 150 Å². The van der Waals surface area contributed by atoms with E-state index in [0.717, 1.165) is 31.2 Å². The number of rotatable bonds is 4. The Kier molecular flexibility index (Phi) is 5.06. The Bertz CT molecular complexity index is 828. The number of non-ortho nitro benzene ring substituents is 1. The summed E-state index contributed by atoms with van der Waals surface area (Å²) in [5.41, 5.74) is 0.980. The molecule has 136 valence electrons. The van der Waals surface area contributed by atoms with Crippen molar-refractivity contribution in [1.82, 2.24) is 5.32 Å². The van der Waals surface area contributed by atoms with Crippen molar-refractivity contribution in [3.8, 4) is 11.5 Å². The number of amides is 1. The van der Waals surface area contributed by atoms with Crippen molar-refractivity contribution in [2.75, 3.05) is 0 Å². The van der Waals surface area contributed by atoms with E-state index in [-0.39, 0.29) is 40.6 Å². The molecule has 0 unspecified atom stereocenters. The fourth-order valence-electron chi connectivity index (χ4n) is 3.46. The van der Waals surface area contributed by atoms with Crippen LogP contribution in [-0.4, -0.2) is 27.1 Å². The van der Waals surface area contributed by atoms with Crippen molar-refractivity contribution in [3.05, 3.63) is 63.7 Å². The highest BCUT2D eigenvalue weighted by Crippen LogP contribution is 2.38. The third-order valence-corrected chi connectivity index (χ3v) is 4.84. The first-order valence-electron chi connectivity index (χ1n) is 8.51. The second-order valence-electron chi connectivity index (χ2n) is 6.57. The van der Waals surface area contributed by atoms with Crippen LogP contribution in [0.2, 0.25) is 0 Å². The van der Waals surface area contributed by atoms with E-state index in [1.54, 1.807) is 18.2 Å². The quantitative estimate of drug-likeness (QED) is 0.573. The Morgan fingerprint density at radius 3 is 2.46 bits per heavy atom. The third-order valence-electron chi connectivity index (χ3n) is 4.84. The highest BCUT2D eigenvalue weighted by molar-refractivity contribution is 5.95.